The first-order valence-electron chi connectivity index (χ1n) is 4.71. The molecule has 0 aromatic carbocycles. The fraction of sp³-hybridized carbons (Fsp3) is 1.00. The van der Waals surface area contributed by atoms with Gasteiger partial charge in [-0.3, -0.25) is 0 Å². The summed E-state index contributed by atoms with van der Waals surface area (Å²) in [6, 6.07) is 0.834. The molecule has 0 spiro atoms. The Bertz CT molecular complexity index is 138. The summed E-state index contributed by atoms with van der Waals surface area (Å²) in [5.41, 5.74) is 0. The molecule has 1 aliphatic carbocycles. The normalized spacial score (nSPS) is 37.2. The molecule has 3 heteroatoms. The third-order valence-corrected chi connectivity index (χ3v) is 2.35. The Morgan fingerprint density at radius 2 is 1.83 bits per heavy atom. The molecular weight excluding hydrogens is 154 g/mol. The van der Waals surface area contributed by atoms with Gasteiger partial charge in [0, 0.05) is 12.1 Å². The van der Waals surface area contributed by atoms with Gasteiger partial charge in [0.2, 0.25) is 0 Å². The first-order valence-corrected chi connectivity index (χ1v) is 4.71. The zero-order valence-electron chi connectivity index (χ0n) is 7.83. The van der Waals surface area contributed by atoms with Crippen LogP contribution in [-0.4, -0.2) is 34.5 Å². The molecule has 0 aromatic rings. The first-order chi connectivity index (χ1) is 5.59. The van der Waals surface area contributed by atoms with Crippen LogP contribution in [0.15, 0.2) is 0 Å². The highest BCUT2D eigenvalue weighted by Crippen LogP contribution is 2.19. The SMILES string of the molecule is CC(C)NC1CCC(O)C(O)C1. The van der Waals surface area contributed by atoms with Gasteiger partial charge in [-0.15, -0.1) is 0 Å². The molecule has 1 fully saturated rings. The summed E-state index contributed by atoms with van der Waals surface area (Å²) < 4.78 is 0. The molecule has 0 aromatic heterocycles. The minimum atomic E-state index is -0.532. The number of aliphatic hydroxyl groups is 2. The van der Waals surface area contributed by atoms with Crippen LogP contribution in [0.25, 0.3) is 0 Å². The van der Waals surface area contributed by atoms with Gasteiger partial charge in [0.05, 0.1) is 12.2 Å². The van der Waals surface area contributed by atoms with Crippen LogP contribution >= 0.6 is 0 Å². The Labute approximate surface area is 73.8 Å². The van der Waals surface area contributed by atoms with E-state index in [0.717, 1.165) is 6.42 Å². The number of hydrogen-bond acceptors (Lipinski definition) is 3. The van der Waals surface area contributed by atoms with Gasteiger partial charge in [-0.05, 0) is 19.3 Å². The molecule has 0 heterocycles. The second kappa shape index (κ2) is 4.21. The molecule has 72 valence electrons. The van der Waals surface area contributed by atoms with Crippen LogP contribution in [0.2, 0.25) is 0 Å². The van der Waals surface area contributed by atoms with Crippen LogP contribution in [0.5, 0.6) is 0 Å². The molecule has 0 saturated heterocycles. The van der Waals surface area contributed by atoms with Crippen molar-refractivity contribution in [1.29, 1.82) is 0 Å². The Kier molecular flexibility index (Phi) is 3.50. The van der Waals surface area contributed by atoms with Crippen LogP contribution in [0, 0.1) is 0 Å². The molecule has 3 unspecified atom stereocenters. The van der Waals surface area contributed by atoms with Crippen LogP contribution in [0.4, 0.5) is 0 Å². The molecule has 1 aliphatic rings. The Balaban J connectivity index is 2.30. The van der Waals surface area contributed by atoms with E-state index in [1.165, 1.54) is 0 Å². The van der Waals surface area contributed by atoms with Crippen LogP contribution in [0.3, 0.4) is 0 Å². The summed E-state index contributed by atoms with van der Waals surface area (Å²) in [4.78, 5) is 0. The molecule has 0 radical (unpaired) electrons. The van der Waals surface area contributed by atoms with Crippen molar-refractivity contribution in [3.05, 3.63) is 0 Å². The lowest BCUT2D eigenvalue weighted by Crippen LogP contribution is -2.44. The standard InChI is InChI=1S/C9H19NO2/c1-6(2)10-7-3-4-8(11)9(12)5-7/h6-12H,3-5H2,1-2H3. The molecule has 1 saturated carbocycles. The van der Waals surface area contributed by atoms with E-state index < -0.39 is 12.2 Å². The molecule has 0 bridgehead atoms. The van der Waals surface area contributed by atoms with Gasteiger partial charge >= 0.3 is 0 Å². The summed E-state index contributed by atoms with van der Waals surface area (Å²) in [5, 5.41) is 22.0. The second-order valence-electron chi connectivity index (χ2n) is 3.97. The van der Waals surface area contributed by atoms with E-state index in [1.807, 2.05) is 0 Å². The van der Waals surface area contributed by atoms with E-state index >= 15 is 0 Å². The minimum Gasteiger partial charge on any atom is -0.390 e. The van der Waals surface area contributed by atoms with Crippen molar-refractivity contribution >= 4 is 0 Å². The number of rotatable bonds is 2. The zero-order valence-corrected chi connectivity index (χ0v) is 7.83. The van der Waals surface area contributed by atoms with Crippen LogP contribution < -0.4 is 5.32 Å². The predicted molar refractivity (Wildman–Crippen MR) is 47.9 cm³/mol. The van der Waals surface area contributed by atoms with Gasteiger partial charge in [-0.25, -0.2) is 0 Å². The van der Waals surface area contributed by atoms with Crippen molar-refractivity contribution in [2.24, 2.45) is 0 Å². The van der Waals surface area contributed by atoms with Crippen molar-refractivity contribution in [1.82, 2.24) is 5.32 Å². The van der Waals surface area contributed by atoms with Crippen molar-refractivity contribution < 1.29 is 10.2 Å². The lowest BCUT2D eigenvalue weighted by atomic mass is 9.90. The molecular formula is C9H19NO2. The average Bonchev–Trinajstić information content (AvgIpc) is 1.96. The highest BCUT2D eigenvalue weighted by Gasteiger charge is 2.27. The van der Waals surface area contributed by atoms with Gasteiger partial charge in [0.25, 0.3) is 0 Å². The summed E-state index contributed by atoms with van der Waals surface area (Å²) in [5.74, 6) is 0. The van der Waals surface area contributed by atoms with Gasteiger partial charge in [-0.2, -0.15) is 0 Å². The number of hydrogen-bond donors (Lipinski definition) is 3. The molecule has 12 heavy (non-hydrogen) atoms. The lowest BCUT2D eigenvalue weighted by molar-refractivity contribution is -0.0189. The number of nitrogens with one attached hydrogen (secondary N) is 1. The lowest BCUT2D eigenvalue weighted by Gasteiger charge is -2.31. The maximum atomic E-state index is 9.37. The van der Waals surface area contributed by atoms with Crippen LogP contribution in [0.1, 0.15) is 33.1 Å². The van der Waals surface area contributed by atoms with Gasteiger partial charge in [0.1, 0.15) is 0 Å². The summed E-state index contributed by atoms with van der Waals surface area (Å²) in [6.45, 7) is 4.19. The zero-order chi connectivity index (χ0) is 9.14. The van der Waals surface area contributed by atoms with Crippen molar-refractivity contribution in [2.75, 3.05) is 0 Å². The molecule has 3 nitrogen and oxygen atoms in total. The van der Waals surface area contributed by atoms with E-state index in [-0.39, 0.29) is 0 Å². The molecule has 1 rings (SSSR count). The van der Waals surface area contributed by atoms with Crippen molar-refractivity contribution in [3.8, 4) is 0 Å². The summed E-state index contributed by atoms with van der Waals surface area (Å²) in [7, 11) is 0. The fourth-order valence-electron chi connectivity index (χ4n) is 1.75. The highest BCUT2D eigenvalue weighted by atomic mass is 16.3. The monoisotopic (exact) mass is 173 g/mol. The predicted octanol–water partition coefficient (Wildman–Crippen LogP) is 0.259. The van der Waals surface area contributed by atoms with E-state index in [4.69, 9.17) is 0 Å². The van der Waals surface area contributed by atoms with E-state index in [2.05, 4.69) is 19.2 Å². The minimum absolute atomic E-state index is 0.378. The average molecular weight is 173 g/mol. The van der Waals surface area contributed by atoms with E-state index in [9.17, 15) is 10.2 Å². The molecule has 0 amide bonds. The Morgan fingerprint density at radius 3 is 2.33 bits per heavy atom. The number of aliphatic hydroxyl groups excluding tert-OH is 2. The molecule has 3 atom stereocenters. The maximum absolute atomic E-state index is 9.37. The van der Waals surface area contributed by atoms with Gasteiger partial charge < -0.3 is 15.5 Å². The Hall–Kier alpha value is -0.120. The summed E-state index contributed by atoms with van der Waals surface area (Å²) >= 11 is 0. The molecule has 0 aliphatic heterocycles. The van der Waals surface area contributed by atoms with Crippen molar-refractivity contribution in [2.45, 2.75) is 57.4 Å². The maximum Gasteiger partial charge on any atom is 0.0813 e. The largest absolute Gasteiger partial charge is 0.390 e. The third kappa shape index (κ3) is 2.73. The van der Waals surface area contributed by atoms with Gasteiger partial charge in [-0.1, -0.05) is 13.8 Å². The third-order valence-electron chi connectivity index (χ3n) is 2.35. The summed E-state index contributed by atoms with van der Waals surface area (Å²) in [6.07, 6.45) is 1.33. The van der Waals surface area contributed by atoms with Crippen LogP contribution in [-0.2, 0) is 0 Å². The topological polar surface area (TPSA) is 52.5 Å². The van der Waals surface area contributed by atoms with Crippen molar-refractivity contribution in [3.63, 3.8) is 0 Å². The Morgan fingerprint density at radius 1 is 1.17 bits per heavy atom. The van der Waals surface area contributed by atoms with E-state index in [0.29, 0.717) is 24.9 Å². The van der Waals surface area contributed by atoms with E-state index in [1.54, 1.807) is 0 Å². The fourth-order valence-corrected chi connectivity index (χ4v) is 1.75. The first kappa shape index (κ1) is 9.96. The quantitative estimate of drug-likeness (QED) is 0.561. The second-order valence-corrected chi connectivity index (χ2v) is 3.97. The van der Waals surface area contributed by atoms with Gasteiger partial charge in [0.15, 0.2) is 0 Å². The smallest absolute Gasteiger partial charge is 0.0813 e. The highest BCUT2D eigenvalue weighted by molar-refractivity contribution is 4.83. The molecule has 3 N–H and O–H groups in total.